The van der Waals surface area contributed by atoms with E-state index in [1.54, 1.807) is 17.3 Å². The van der Waals surface area contributed by atoms with Crippen LogP contribution in [0.25, 0.3) is 11.5 Å². The third-order valence-electron chi connectivity index (χ3n) is 4.36. The number of amides is 1. The summed E-state index contributed by atoms with van der Waals surface area (Å²) in [4.78, 5) is 29.4. The standard InChI is InChI=1S/C21H20F3N9O2/c1-12(33(2)14-6-4-3-5-7-14)29-20(26)30-16(25)17-31-19(35-32-17)13-8-9-15(27-10-13)18(34)28-11-21(22,23)24/h3-10H,1,11H2,2H3,(H,28,34)(H4,25,26,29,30). The highest BCUT2D eigenvalue weighted by Gasteiger charge is 2.28. The Kier molecular flexibility index (Phi) is 7.43. The molecule has 0 aliphatic carbocycles. The SMILES string of the molecule is C=C(/N=C(N)\N=C(/N)c1noc(-c2ccc(C(=O)NCC(F)(F)F)nc2)n1)N(C)c1ccccc1. The van der Waals surface area contributed by atoms with Gasteiger partial charge < -0.3 is 26.2 Å². The number of amidine groups is 1. The third kappa shape index (κ3) is 6.86. The predicted molar refractivity (Wildman–Crippen MR) is 122 cm³/mol. The number of carbonyl (C=O) groups excluding carboxylic acids is 1. The second kappa shape index (κ2) is 10.5. The van der Waals surface area contributed by atoms with Crippen LogP contribution in [0.15, 0.2) is 75.6 Å². The van der Waals surface area contributed by atoms with E-state index < -0.39 is 18.6 Å². The Balaban J connectivity index is 1.67. The number of hydrogen-bond acceptors (Lipinski definition) is 7. The Morgan fingerprint density at radius 2 is 1.89 bits per heavy atom. The zero-order chi connectivity index (χ0) is 25.6. The van der Waals surface area contributed by atoms with E-state index in [9.17, 15) is 18.0 Å². The lowest BCUT2D eigenvalue weighted by Gasteiger charge is -2.18. The summed E-state index contributed by atoms with van der Waals surface area (Å²) in [7, 11) is 1.76. The van der Waals surface area contributed by atoms with Gasteiger partial charge in [-0.25, -0.2) is 0 Å². The maximum atomic E-state index is 12.2. The fourth-order valence-electron chi connectivity index (χ4n) is 2.58. The molecule has 1 aromatic carbocycles. The van der Waals surface area contributed by atoms with E-state index in [2.05, 4.69) is 31.7 Å². The van der Waals surface area contributed by atoms with Gasteiger partial charge in [0.25, 0.3) is 11.8 Å². The molecule has 1 amide bonds. The average Bonchev–Trinajstić information content (AvgIpc) is 3.32. The molecule has 0 radical (unpaired) electrons. The van der Waals surface area contributed by atoms with Crippen LogP contribution in [0.1, 0.15) is 16.3 Å². The molecule has 11 nitrogen and oxygen atoms in total. The van der Waals surface area contributed by atoms with Crippen LogP contribution >= 0.6 is 0 Å². The number of nitrogens with one attached hydrogen (secondary N) is 1. The van der Waals surface area contributed by atoms with Crippen LogP contribution in [-0.2, 0) is 0 Å². The Morgan fingerprint density at radius 3 is 2.51 bits per heavy atom. The lowest BCUT2D eigenvalue weighted by Crippen LogP contribution is -2.34. The summed E-state index contributed by atoms with van der Waals surface area (Å²) in [6.45, 7) is 2.38. The number of pyridine rings is 1. The van der Waals surface area contributed by atoms with Crippen molar-refractivity contribution in [3.63, 3.8) is 0 Å². The van der Waals surface area contributed by atoms with E-state index in [1.165, 1.54) is 18.3 Å². The zero-order valence-electron chi connectivity index (χ0n) is 18.3. The third-order valence-corrected chi connectivity index (χ3v) is 4.36. The minimum atomic E-state index is -4.53. The molecule has 0 fully saturated rings. The Morgan fingerprint density at radius 1 is 1.17 bits per heavy atom. The largest absolute Gasteiger partial charge is 0.405 e. The van der Waals surface area contributed by atoms with E-state index in [1.807, 2.05) is 30.3 Å². The van der Waals surface area contributed by atoms with Crippen LogP contribution in [0.4, 0.5) is 18.9 Å². The molecule has 35 heavy (non-hydrogen) atoms. The van der Waals surface area contributed by atoms with E-state index in [0.717, 1.165) is 5.69 Å². The smallest absolute Gasteiger partial charge is 0.380 e. The van der Waals surface area contributed by atoms with Gasteiger partial charge in [-0.15, -0.1) is 0 Å². The Labute approximate surface area is 197 Å². The summed E-state index contributed by atoms with van der Waals surface area (Å²) >= 11 is 0. The molecule has 0 spiro atoms. The lowest BCUT2D eigenvalue weighted by atomic mass is 10.2. The lowest BCUT2D eigenvalue weighted by molar-refractivity contribution is -0.123. The summed E-state index contributed by atoms with van der Waals surface area (Å²) in [6.07, 6.45) is -3.34. The average molecular weight is 487 g/mol. The number of nitrogens with zero attached hydrogens (tertiary/aromatic N) is 6. The van der Waals surface area contributed by atoms with Crippen molar-refractivity contribution in [2.24, 2.45) is 21.5 Å². The molecule has 0 saturated heterocycles. The number of alkyl halides is 3. The number of aromatic nitrogens is 3. The van der Waals surface area contributed by atoms with E-state index in [4.69, 9.17) is 16.0 Å². The van der Waals surface area contributed by atoms with Crippen LogP contribution in [0, 0.1) is 0 Å². The topological polar surface area (TPSA) is 161 Å². The van der Waals surface area contributed by atoms with E-state index in [0.29, 0.717) is 11.4 Å². The Bertz CT molecular complexity index is 1250. The summed E-state index contributed by atoms with van der Waals surface area (Å²) < 4.78 is 41.8. The van der Waals surface area contributed by atoms with Gasteiger partial charge in [0.15, 0.2) is 5.84 Å². The van der Waals surface area contributed by atoms with Crippen molar-refractivity contribution in [3.8, 4) is 11.5 Å². The fourth-order valence-corrected chi connectivity index (χ4v) is 2.58. The van der Waals surface area contributed by atoms with Crippen molar-refractivity contribution in [2.45, 2.75) is 6.18 Å². The van der Waals surface area contributed by atoms with Crippen molar-refractivity contribution < 1.29 is 22.5 Å². The molecule has 2 heterocycles. The van der Waals surface area contributed by atoms with Gasteiger partial charge >= 0.3 is 6.18 Å². The van der Waals surface area contributed by atoms with Crippen LogP contribution in [0.3, 0.4) is 0 Å². The molecule has 0 aliphatic heterocycles. The minimum Gasteiger partial charge on any atom is -0.380 e. The zero-order valence-corrected chi connectivity index (χ0v) is 18.3. The normalized spacial score (nSPS) is 12.3. The number of anilines is 1. The molecule has 5 N–H and O–H groups in total. The molecule has 2 aromatic heterocycles. The van der Waals surface area contributed by atoms with Gasteiger partial charge in [0.1, 0.15) is 18.1 Å². The molecule has 0 bridgehead atoms. The molecular weight excluding hydrogens is 467 g/mol. The number of carbonyl (C=O) groups is 1. The van der Waals surface area contributed by atoms with Gasteiger partial charge in [-0.05, 0) is 24.3 Å². The summed E-state index contributed by atoms with van der Waals surface area (Å²) in [5, 5.41) is 5.43. The van der Waals surface area contributed by atoms with Crippen LogP contribution in [0.5, 0.6) is 0 Å². The van der Waals surface area contributed by atoms with Crippen LogP contribution in [-0.4, -0.2) is 52.6 Å². The molecule has 0 saturated carbocycles. The van der Waals surface area contributed by atoms with Crippen molar-refractivity contribution in [1.82, 2.24) is 20.4 Å². The number of benzene rings is 1. The van der Waals surface area contributed by atoms with Gasteiger partial charge in [0, 0.05) is 18.9 Å². The summed E-state index contributed by atoms with van der Waals surface area (Å²) in [5.74, 6) is -1.16. The number of guanidine groups is 1. The number of hydrogen-bond donors (Lipinski definition) is 3. The quantitative estimate of drug-likeness (QED) is 0.337. The van der Waals surface area contributed by atoms with Crippen molar-refractivity contribution in [1.29, 1.82) is 0 Å². The van der Waals surface area contributed by atoms with Gasteiger partial charge in [0.05, 0.1) is 5.56 Å². The molecule has 14 heteroatoms. The monoisotopic (exact) mass is 487 g/mol. The van der Waals surface area contributed by atoms with Crippen LogP contribution < -0.4 is 21.7 Å². The first kappa shape index (κ1) is 24.9. The van der Waals surface area contributed by atoms with Crippen LogP contribution in [0.2, 0.25) is 0 Å². The highest BCUT2D eigenvalue weighted by molar-refractivity contribution is 6.02. The highest BCUT2D eigenvalue weighted by Crippen LogP contribution is 2.18. The first-order valence-corrected chi connectivity index (χ1v) is 9.85. The molecule has 0 aliphatic rings. The second-order valence-corrected chi connectivity index (χ2v) is 6.93. The Hall–Kier alpha value is -4.75. The second-order valence-electron chi connectivity index (χ2n) is 6.93. The van der Waals surface area contributed by atoms with E-state index >= 15 is 0 Å². The maximum absolute atomic E-state index is 12.2. The fraction of sp³-hybridized carbons (Fsp3) is 0.143. The molecule has 3 rings (SSSR count). The first-order chi connectivity index (χ1) is 16.5. The van der Waals surface area contributed by atoms with Gasteiger partial charge in [-0.1, -0.05) is 29.9 Å². The van der Waals surface area contributed by atoms with Gasteiger partial charge in [-0.3, -0.25) is 9.78 Å². The van der Waals surface area contributed by atoms with Gasteiger partial charge in [-0.2, -0.15) is 28.1 Å². The first-order valence-electron chi connectivity index (χ1n) is 9.85. The summed E-state index contributed by atoms with van der Waals surface area (Å²) in [5.41, 5.74) is 12.6. The number of nitrogens with two attached hydrogens (primary N) is 2. The molecule has 0 unspecified atom stereocenters. The predicted octanol–water partition coefficient (Wildman–Crippen LogP) is 2.05. The number of rotatable bonds is 7. The molecule has 3 aromatic rings. The minimum absolute atomic E-state index is 0.0170. The van der Waals surface area contributed by atoms with E-state index in [-0.39, 0.29) is 29.2 Å². The molecule has 0 atom stereocenters. The summed E-state index contributed by atoms with van der Waals surface area (Å²) in [6, 6.07) is 11.9. The number of para-hydroxylation sites is 1. The van der Waals surface area contributed by atoms with Gasteiger partial charge in [0.2, 0.25) is 11.8 Å². The van der Waals surface area contributed by atoms with Crippen molar-refractivity contribution >= 4 is 23.4 Å². The maximum Gasteiger partial charge on any atom is 0.405 e. The molecular formula is C21H20F3N9O2. The molecule has 182 valence electrons. The van der Waals surface area contributed by atoms with Crippen molar-refractivity contribution in [3.05, 3.63) is 72.6 Å². The van der Waals surface area contributed by atoms with Crippen molar-refractivity contribution in [2.75, 3.05) is 18.5 Å². The number of halogens is 3. The number of aliphatic imine (C=N–C) groups is 2. The highest BCUT2D eigenvalue weighted by atomic mass is 19.4.